The van der Waals surface area contributed by atoms with Gasteiger partial charge >= 0.3 is 6.03 Å². The molecule has 0 saturated carbocycles. The van der Waals surface area contributed by atoms with Gasteiger partial charge in [0.15, 0.2) is 5.69 Å². The summed E-state index contributed by atoms with van der Waals surface area (Å²) < 4.78 is 1.60. The molecule has 2 amide bonds. The topological polar surface area (TPSA) is 79.0 Å². The average Bonchev–Trinajstić information content (AvgIpc) is 2.83. The van der Waals surface area contributed by atoms with Crippen molar-refractivity contribution in [1.82, 2.24) is 9.88 Å². The fraction of sp³-hybridized carbons (Fsp3) is 0.118. The number of carbonyl (C=O) groups excluding carboxylic acids is 1. The first-order valence-corrected chi connectivity index (χ1v) is 7.16. The van der Waals surface area contributed by atoms with E-state index in [2.05, 4.69) is 15.5 Å². The van der Waals surface area contributed by atoms with Gasteiger partial charge in [-0.05, 0) is 11.6 Å². The molecule has 0 aliphatic carbocycles. The number of hydrogen-bond donors (Lipinski definition) is 2. The largest absolute Gasteiger partial charge is 0.493 e. The first-order valence-electron chi connectivity index (χ1n) is 7.16. The predicted octanol–water partition coefficient (Wildman–Crippen LogP) is 3.88. The molecule has 0 aliphatic rings. The average molecular weight is 308 g/mol. The van der Waals surface area contributed by atoms with Crippen molar-refractivity contribution in [2.45, 2.75) is 6.54 Å². The van der Waals surface area contributed by atoms with Gasteiger partial charge in [-0.1, -0.05) is 53.6 Å². The number of nitrogens with one attached hydrogen (secondary N) is 1. The lowest BCUT2D eigenvalue weighted by Gasteiger charge is -2.00. The van der Waals surface area contributed by atoms with Crippen molar-refractivity contribution >= 4 is 22.6 Å². The van der Waals surface area contributed by atoms with Crippen LogP contribution in [0, 0.1) is 0 Å². The van der Waals surface area contributed by atoms with Crippen LogP contribution in [0.15, 0.2) is 64.8 Å². The Kier molecular flexibility index (Phi) is 4.05. The number of carbonyl (C=O) groups is 1. The SMILES string of the molecule is Cn1c(O)c(N=NC(=O)NCc2ccccc2)c2ccccc21. The summed E-state index contributed by atoms with van der Waals surface area (Å²) in [6.07, 6.45) is 0. The van der Waals surface area contributed by atoms with Crippen molar-refractivity contribution in [2.24, 2.45) is 17.3 Å². The van der Waals surface area contributed by atoms with Crippen LogP contribution in [0.1, 0.15) is 5.56 Å². The van der Waals surface area contributed by atoms with Gasteiger partial charge in [0.1, 0.15) is 0 Å². The Morgan fingerprint density at radius 1 is 1.13 bits per heavy atom. The fourth-order valence-corrected chi connectivity index (χ4v) is 2.36. The Bertz CT molecular complexity index is 869. The van der Waals surface area contributed by atoms with Crippen LogP contribution in [-0.4, -0.2) is 15.7 Å². The van der Waals surface area contributed by atoms with Crippen LogP contribution >= 0.6 is 0 Å². The molecule has 2 N–H and O–H groups in total. The minimum atomic E-state index is -0.554. The second-order valence-corrected chi connectivity index (χ2v) is 5.09. The van der Waals surface area contributed by atoms with Crippen molar-refractivity contribution in [3.63, 3.8) is 0 Å². The summed E-state index contributed by atoms with van der Waals surface area (Å²) in [7, 11) is 1.73. The Morgan fingerprint density at radius 2 is 1.83 bits per heavy atom. The van der Waals surface area contributed by atoms with Gasteiger partial charge in [0.25, 0.3) is 0 Å². The number of fused-ring (bicyclic) bond motifs is 1. The highest BCUT2D eigenvalue weighted by Gasteiger charge is 2.13. The molecule has 116 valence electrons. The summed E-state index contributed by atoms with van der Waals surface area (Å²) in [5.74, 6) is -0.0224. The highest BCUT2D eigenvalue weighted by Crippen LogP contribution is 2.37. The Morgan fingerprint density at radius 3 is 2.61 bits per heavy atom. The molecule has 0 unspecified atom stereocenters. The minimum Gasteiger partial charge on any atom is -0.493 e. The third kappa shape index (κ3) is 3.06. The lowest BCUT2D eigenvalue weighted by Crippen LogP contribution is -2.18. The molecule has 0 fully saturated rings. The number of aromatic hydroxyl groups is 1. The van der Waals surface area contributed by atoms with E-state index in [0.29, 0.717) is 6.54 Å². The van der Waals surface area contributed by atoms with E-state index < -0.39 is 6.03 Å². The van der Waals surface area contributed by atoms with Crippen LogP contribution in [0.3, 0.4) is 0 Å². The molecule has 0 saturated heterocycles. The number of azo groups is 1. The fourth-order valence-electron chi connectivity index (χ4n) is 2.36. The second-order valence-electron chi connectivity index (χ2n) is 5.09. The number of urea groups is 1. The molecule has 3 aromatic rings. The summed E-state index contributed by atoms with van der Waals surface area (Å²) in [5, 5.41) is 21.1. The van der Waals surface area contributed by atoms with Crippen molar-refractivity contribution in [3.05, 3.63) is 60.2 Å². The number of hydrogen-bond acceptors (Lipinski definition) is 3. The Balaban J connectivity index is 1.75. The van der Waals surface area contributed by atoms with E-state index in [0.717, 1.165) is 16.5 Å². The first-order chi connectivity index (χ1) is 11.2. The number of nitrogens with zero attached hydrogens (tertiary/aromatic N) is 3. The summed E-state index contributed by atoms with van der Waals surface area (Å²) in [5.41, 5.74) is 2.09. The lowest BCUT2D eigenvalue weighted by molar-refractivity contribution is 0.247. The highest BCUT2D eigenvalue weighted by molar-refractivity contribution is 5.95. The summed E-state index contributed by atoms with van der Waals surface area (Å²) in [4.78, 5) is 11.8. The number of benzene rings is 2. The van der Waals surface area contributed by atoms with Crippen LogP contribution in [0.4, 0.5) is 10.5 Å². The predicted molar refractivity (Wildman–Crippen MR) is 87.8 cm³/mol. The van der Waals surface area contributed by atoms with E-state index in [9.17, 15) is 9.90 Å². The van der Waals surface area contributed by atoms with Crippen molar-refractivity contribution in [3.8, 4) is 5.88 Å². The van der Waals surface area contributed by atoms with Gasteiger partial charge in [-0.2, -0.15) is 0 Å². The van der Waals surface area contributed by atoms with Crippen molar-refractivity contribution in [1.29, 1.82) is 0 Å². The molecule has 6 nitrogen and oxygen atoms in total. The van der Waals surface area contributed by atoms with Gasteiger partial charge in [0, 0.05) is 19.0 Å². The zero-order chi connectivity index (χ0) is 16.2. The van der Waals surface area contributed by atoms with E-state index in [1.54, 1.807) is 11.6 Å². The lowest BCUT2D eigenvalue weighted by atomic mass is 10.2. The molecule has 2 aromatic carbocycles. The smallest absolute Gasteiger partial charge is 0.359 e. The van der Waals surface area contributed by atoms with E-state index in [1.165, 1.54) is 0 Å². The molecule has 23 heavy (non-hydrogen) atoms. The molecule has 0 atom stereocenters. The van der Waals surface area contributed by atoms with Gasteiger partial charge in [-0.25, -0.2) is 4.79 Å². The highest BCUT2D eigenvalue weighted by atomic mass is 16.3. The van der Waals surface area contributed by atoms with Crippen LogP contribution in [0.2, 0.25) is 0 Å². The van der Waals surface area contributed by atoms with E-state index in [1.807, 2.05) is 54.6 Å². The molecule has 3 rings (SSSR count). The molecule has 0 spiro atoms. The molecule has 0 radical (unpaired) electrons. The van der Waals surface area contributed by atoms with Crippen molar-refractivity contribution in [2.75, 3.05) is 0 Å². The molecule has 6 heteroatoms. The summed E-state index contributed by atoms with van der Waals surface area (Å²) in [6, 6.07) is 16.4. The van der Waals surface area contributed by atoms with Gasteiger partial charge < -0.3 is 15.0 Å². The third-order valence-electron chi connectivity index (χ3n) is 3.58. The van der Waals surface area contributed by atoms with Gasteiger partial charge in [0.05, 0.1) is 5.52 Å². The molecule has 0 aliphatic heterocycles. The standard InChI is InChI=1S/C17H16N4O2/c1-21-14-10-6-5-9-13(14)15(16(21)22)19-20-17(23)18-11-12-7-3-2-4-8-12/h2-10,22H,11H2,1H3,(H,18,23). The third-order valence-corrected chi connectivity index (χ3v) is 3.58. The zero-order valence-corrected chi connectivity index (χ0v) is 12.6. The van der Waals surface area contributed by atoms with Crippen molar-refractivity contribution < 1.29 is 9.90 Å². The minimum absolute atomic E-state index is 0.0224. The van der Waals surface area contributed by atoms with Crippen LogP contribution in [0.5, 0.6) is 5.88 Å². The number of para-hydroxylation sites is 1. The maximum Gasteiger partial charge on any atom is 0.359 e. The zero-order valence-electron chi connectivity index (χ0n) is 12.6. The van der Waals surface area contributed by atoms with E-state index in [4.69, 9.17) is 0 Å². The number of aryl methyl sites for hydroxylation is 1. The first kappa shape index (κ1) is 14.8. The second kappa shape index (κ2) is 6.31. The van der Waals surface area contributed by atoms with Gasteiger partial charge in [-0.15, -0.1) is 5.11 Å². The molecule has 0 bridgehead atoms. The monoisotopic (exact) mass is 308 g/mol. The normalized spacial score (nSPS) is 11.2. The Labute approximate surface area is 133 Å². The maximum atomic E-state index is 11.8. The Hall–Kier alpha value is -3.15. The van der Waals surface area contributed by atoms with Gasteiger partial charge in [0.2, 0.25) is 5.88 Å². The van der Waals surface area contributed by atoms with Gasteiger partial charge in [-0.3, -0.25) is 0 Å². The quantitative estimate of drug-likeness (QED) is 0.720. The number of amides is 2. The molecular weight excluding hydrogens is 292 g/mol. The number of aromatic nitrogens is 1. The summed E-state index contributed by atoms with van der Waals surface area (Å²) in [6.45, 7) is 0.375. The molecule has 1 heterocycles. The van der Waals surface area contributed by atoms with Crippen LogP contribution in [-0.2, 0) is 13.6 Å². The van der Waals surface area contributed by atoms with Crippen LogP contribution in [0.25, 0.3) is 10.9 Å². The molecular formula is C17H16N4O2. The maximum absolute atomic E-state index is 11.8. The van der Waals surface area contributed by atoms with Crippen LogP contribution < -0.4 is 5.32 Å². The number of rotatable bonds is 3. The molecule has 1 aromatic heterocycles. The van der Waals surface area contributed by atoms with E-state index >= 15 is 0 Å². The summed E-state index contributed by atoms with van der Waals surface area (Å²) >= 11 is 0. The van der Waals surface area contributed by atoms with E-state index in [-0.39, 0.29) is 11.6 Å².